The third-order valence-electron chi connectivity index (χ3n) is 5.08. The predicted molar refractivity (Wildman–Crippen MR) is 122 cm³/mol. The molecule has 32 heavy (non-hydrogen) atoms. The Kier molecular flexibility index (Phi) is 6.56. The quantitative estimate of drug-likeness (QED) is 0.410. The van der Waals surface area contributed by atoms with Crippen molar-refractivity contribution in [3.05, 3.63) is 94.0 Å². The van der Waals surface area contributed by atoms with E-state index < -0.39 is 0 Å². The molecule has 8 heteroatoms. The van der Waals surface area contributed by atoms with Gasteiger partial charge in [0.25, 0.3) is 0 Å². The fourth-order valence-corrected chi connectivity index (χ4v) is 3.39. The number of nitrogens with zero attached hydrogens (tertiary/aromatic N) is 3. The summed E-state index contributed by atoms with van der Waals surface area (Å²) in [5.41, 5.74) is 3.70. The molecular weight excluding hydrogens is 428 g/mol. The minimum atomic E-state index is -0.118. The summed E-state index contributed by atoms with van der Waals surface area (Å²) in [6, 6.07) is 16.8. The van der Waals surface area contributed by atoms with Crippen LogP contribution in [0.4, 0.5) is 5.82 Å². The standard InChI is InChI=1S/C24H23ClN4O3/c1-16-22(17(2)32-28-16)15-31-21-9-5-18(6-10-21)13-24(30)27-23-11-12-26-29(23)14-19-3-7-20(25)8-4-19/h3-12H,13-15H2,1-2H3,(H,27,30). The van der Waals surface area contributed by atoms with Gasteiger partial charge in [-0.1, -0.05) is 41.0 Å². The van der Waals surface area contributed by atoms with E-state index in [-0.39, 0.29) is 12.3 Å². The Balaban J connectivity index is 1.32. The topological polar surface area (TPSA) is 82.2 Å². The number of halogens is 1. The molecule has 0 saturated carbocycles. The van der Waals surface area contributed by atoms with Crippen molar-refractivity contribution >= 4 is 23.3 Å². The molecule has 7 nitrogen and oxygen atoms in total. The Hall–Kier alpha value is -3.58. The van der Waals surface area contributed by atoms with Crippen molar-refractivity contribution < 1.29 is 14.1 Å². The fraction of sp³-hybridized carbons (Fsp3) is 0.208. The Labute approximate surface area is 190 Å². The minimum Gasteiger partial charge on any atom is -0.489 e. The zero-order valence-corrected chi connectivity index (χ0v) is 18.6. The highest BCUT2D eigenvalue weighted by atomic mass is 35.5. The molecule has 0 fully saturated rings. The van der Waals surface area contributed by atoms with Crippen molar-refractivity contribution in [3.63, 3.8) is 0 Å². The van der Waals surface area contributed by atoms with Crippen molar-refractivity contribution in [1.82, 2.24) is 14.9 Å². The largest absolute Gasteiger partial charge is 0.489 e. The summed E-state index contributed by atoms with van der Waals surface area (Å²) < 4.78 is 12.7. The first-order valence-corrected chi connectivity index (χ1v) is 10.6. The number of hydrogen-bond donors (Lipinski definition) is 1. The van der Waals surface area contributed by atoms with Crippen LogP contribution < -0.4 is 10.1 Å². The summed E-state index contributed by atoms with van der Waals surface area (Å²) in [6.45, 7) is 4.68. The van der Waals surface area contributed by atoms with Crippen LogP contribution in [0.5, 0.6) is 5.75 Å². The van der Waals surface area contributed by atoms with E-state index in [0.29, 0.717) is 24.0 Å². The molecule has 0 saturated heterocycles. The Morgan fingerprint density at radius 3 is 2.47 bits per heavy atom. The lowest BCUT2D eigenvalue weighted by molar-refractivity contribution is -0.115. The van der Waals surface area contributed by atoms with E-state index in [9.17, 15) is 4.79 Å². The average molecular weight is 451 g/mol. The Morgan fingerprint density at radius 2 is 1.78 bits per heavy atom. The molecule has 1 N–H and O–H groups in total. The monoisotopic (exact) mass is 450 g/mol. The van der Waals surface area contributed by atoms with Gasteiger partial charge in [0.05, 0.1) is 30.4 Å². The zero-order chi connectivity index (χ0) is 22.5. The van der Waals surface area contributed by atoms with E-state index in [2.05, 4.69) is 15.6 Å². The number of amides is 1. The summed E-state index contributed by atoms with van der Waals surface area (Å²) in [6.07, 6.45) is 1.91. The maximum atomic E-state index is 12.6. The number of rotatable bonds is 8. The highest BCUT2D eigenvalue weighted by Gasteiger charge is 2.11. The number of carbonyl (C=O) groups excluding carboxylic acids is 1. The first kappa shape index (κ1) is 21.6. The van der Waals surface area contributed by atoms with Crippen molar-refractivity contribution in [2.45, 2.75) is 33.4 Å². The Bertz CT molecular complexity index is 1180. The molecule has 0 spiro atoms. The van der Waals surface area contributed by atoms with Crippen molar-refractivity contribution in [3.8, 4) is 5.75 Å². The smallest absolute Gasteiger partial charge is 0.229 e. The molecule has 0 aliphatic carbocycles. The summed E-state index contributed by atoms with van der Waals surface area (Å²) in [4.78, 5) is 12.6. The predicted octanol–water partition coefficient (Wildman–Crippen LogP) is 4.95. The van der Waals surface area contributed by atoms with E-state index >= 15 is 0 Å². The minimum absolute atomic E-state index is 0.118. The van der Waals surface area contributed by atoms with E-state index in [4.69, 9.17) is 20.9 Å². The molecule has 4 aromatic rings. The fourth-order valence-electron chi connectivity index (χ4n) is 3.27. The van der Waals surface area contributed by atoms with Gasteiger partial charge >= 0.3 is 0 Å². The number of aromatic nitrogens is 3. The van der Waals surface area contributed by atoms with Crippen molar-refractivity contribution in [1.29, 1.82) is 0 Å². The molecule has 164 valence electrons. The highest BCUT2D eigenvalue weighted by molar-refractivity contribution is 6.30. The average Bonchev–Trinajstić information content (AvgIpc) is 3.34. The van der Waals surface area contributed by atoms with E-state index in [1.165, 1.54) is 0 Å². The second-order valence-electron chi connectivity index (χ2n) is 7.46. The van der Waals surface area contributed by atoms with E-state index in [0.717, 1.165) is 33.9 Å². The maximum Gasteiger partial charge on any atom is 0.229 e. The lowest BCUT2D eigenvalue weighted by Crippen LogP contribution is -2.18. The number of ether oxygens (including phenoxy) is 1. The molecule has 0 aliphatic rings. The van der Waals surface area contributed by atoms with Gasteiger partial charge < -0.3 is 14.6 Å². The third kappa shape index (κ3) is 5.36. The van der Waals surface area contributed by atoms with Crippen LogP contribution in [0.15, 0.2) is 65.3 Å². The normalized spacial score (nSPS) is 10.8. The van der Waals surface area contributed by atoms with Gasteiger partial charge in [-0.25, -0.2) is 4.68 Å². The number of benzene rings is 2. The molecule has 0 bridgehead atoms. The zero-order valence-electron chi connectivity index (χ0n) is 17.8. The molecule has 0 unspecified atom stereocenters. The maximum absolute atomic E-state index is 12.6. The van der Waals surface area contributed by atoms with Gasteiger partial charge in [-0.05, 0) is 49.2 Å². The molecule has 0 radical (unpaired) electrons. The second kappa shape index (κ2) is 9.70. The van der Waals surface area contributed by atoms with Gasteiger partial charge in [0, 0.05) is 11.1 Å². The Morgan fingerprint density at radius 1 is 1.06 bits per heavy atom. The SMILES string of the molecule is Cc1noc(C)c1COc1ccc(CC(=O)Nc2ccnn2Cc2ccc(Cl)cc2)cc1. The first-order valence-electron chi connectivity index (χ1n) is 10.2. The molecule has 4 rings (SSSR count). The van der Waals surface area contributed by atoms with Gasteiger partial charge in [-0.2, -0.15) is 5.10 Å². The summed E-state index contributed by atoms with van der Waals surface area (Å²) in [5.74, 6) is 2.00. The van der Waals surface area contributed by atoms with Crippen molar-refractivity contribution in [2.24, 2.45) is 0 Å². The second-order valence-corrected chi connectivity index (χ2v) is 7.90. The van der Waals surface area contributed by atoms with E-state index in [1.54, 1.807) is 16.9 Å². The molecule has 2 aromatic carbocycles. The summed E-state index contributed by atoms with van der Waals surface area (Å²) in [5, 5.41) is 11.8. The van der Waals surface area contributed by atoms with E-state index in [1.807, 2.05) is 62.4 Å². The van der Waals surface area contributed by atoms with Crippen LogP contribution in [0, 0.1) is 13.8 Å². The third-order valence-corrected chi connectivity index (χ3v) is 5.33. The number of carbonyl (C=O) groups is 1. The molecule has 0 aliphatic heterocycles. The molecule has 2 heterocycles. The van der Waals surface area contributed by atoms with Crippen LogP contribution in [-0.4, -0.2) is 20.8 Å². The molecular formula is C24H23ClN4O3. The molecule has 0 atom stereocenters. The highest BCUT2D eigenvalue weighted by Crippen LogP contribution is 2.19. The number of aryl methyl sites for hydroxylation is 2. The molecule has 2 aromatic heterocycles. The van der Waals surface area contributed by atoms with Crippen LogP contribution in [0.25, 0.3) is 0 Å². The van der Waals surface area contributed by atoms with Crippen molar-refractivity contribution in [2.75, 3.05) is 5.32 Å². The van der Waals surface area contributed by atoms with Crippen LogP contribution in [-0.2, 0) is 24.4 Å². The summed E-state index contributed by atoms with van der Waals surface area (Å²) in [7, 11) is 0. The van der Waals surface area contributed by atoms with Crippen LogP contribution >= 0.6 is 11.6 Å². The van der Waals surface area contributed by atoms with Gasteiger partial charge in [-0.15, -0.1) is 0 Å². The van der Waals surface area contributed by atoms with Crippen LogP contribution in [0.2, 0.25) is 5.02 Å². The number of anilines is 1. The number of nitrogens with one attached hydrogen (secondary N) is 1. The summed E-state index contributed by atoms with van der Waals surface area (Å²) >= 11 is 5.94. The van der Waals surface area contributed by atoms with Gasteiger partial charge in [0.15, 0.2) is 0 Å². The lowest BCUT2D eigenvalue weighted by atomic mass is 10.1. The van der Waals surface area contributed by atoms with Crippen LogP contribution in [0.1, 0.15) is 28.1 Å². The van der Waals surface area contributed by atoms with Gasteiger partial charge in [0.2, 0.25) is 5.91 Å². The van der Waals surface area contributed by atoms with Gasteiger partial charge in [-0.3, -0.25) is 4.79 Å². The first-order chi connectivity index (χ1) is 15.5. The van der Waals surface area contributed by atoms with Gasteiger partial charge in [0.1, 0.15) is 23.9 Å². The number of hydrogen-bond acceptors (Lipinski definition) is 5. The molecule has 1 amide bonds. The lowest BCUT2D eigenvalue weighted by Gasteiger charge is -2.10. The van der Waals surface area contributed by atoms with Crippen LogP contribution in [0.3, 0.4) is 0 Å².